The number of nitrogens with two attached hydrogens (primary N) is 1. The fourth-order valence-corrected chi connectivity index (χ4v) is 1.71. The van der Waals surface area contributed by atoms with Crippen molar-refractivity contribution in [1.82, 2.24) is 0 Å². The van der Waals surface area contributed by atoms with Gasteiger partial charge in [-0.1, -0.05) is 30.3 Å². The number of nitrogens with zero attached hydrogens (tertiary/aromatic N) is 1. The van der Waals surface area contributed by atoms with Crippen LogP contribution in [0.25, 0.3) is 0 Å². The first-order valence-electron chi connectivity index (χ1n) is 6.29. The Hall–Kier alpha value is -2.63. The molecule has 21 heavy (non-hydrogen) atoms. The molecule has 0 aromatic heterocycles. The molecule has 0 bridgehead atoms. The second-order valence-electron chi connectivity index (χ2n) is 4.22. The summed E-state index contributed by atoms with van der Waals surface area (Å²) in [6.07, 6.45) is 0. The van der Waals surface area contributed by atoms with Gasteiger partial charge in [-0.15, -0.1) is 0 Å². The molecule has 0 saturated carbocycles. The molecule has 0 atom stereocenters. The number of guanidine groups is 1. The van der Waals surface area contributed by atoms with Gasteiger partial charge in [0.05, 0.1) is 6.54 Å². The van der Waals surface area contributed by atoms with E-state index >= 15 is 0 Å². The lowest BCUT2D eigenvalue weighted by molar-refractivity contribution is -0.0498. The zero-order chi connectivity index (χ0) is 15.1. The summed E-state index contributed by atoms with van der Waals surface area (Å²) in [5, 5.41) is 2.94. The number of alkyl halides is 2. The Balaban J connectivity index is 1.96. The van der Waals surface area contributed by atoms with E-state index in [1.54, 1.807) is 12.1 Å². The number of halogens is 2. The molecule has 0 aliphatic carbocycles. The minimum absolute atomic E-state index is 0.104. The smallest absolute Gasteiger partial charge is 0.387 e. The summed E-state index contributed by atoms with van der Waals surface area (Å²) in [5.74, 6) is 0.355. The van der Waals surface area contributed by atoms with E-state index in [4.69, 9.17) is 5.73 Å². The number of aliphatic imine (C=N–C) groups is 1. The number of anilines is 1. The Labute approximate surface area is 121 Å². The van der Waals surface area contributed by atoms with Gasteiger partial charge in [-0.05, 0) is 29.8 Å². The number of para-hydroxylation sites is 1. The third-order valence-electron chi connectivity index (χ3n) is 2.60. The third-order valence-corrected chi connectivity index (χ3v) is 2.60. The van der Waals surface area contributed by atoms with Gasteiger partial charge in [0.25, 0.3) is 0 Å². The number of benzene rings is 2. The van der Waals surface area contributed by atoms with E-state index in [1.165, 1.54) is 12.1 Å². The van der Waals surface area contributed by atoms with Gasteiger partial charge in [-0.25, -0.2) is 4.99 Å². The largest absolute Gasteiger partial charge is 0.435 e. The average Bonchev–Trinajstić information content (AvgIpc) is 2.46. The van der Waals surface area contributed by atoms with Crippen molar-refractivity contribution in [2.45, 2.75) is 13.2 Å². The van der Waals surface area contributed by atoms with Crippen LogP contribution < -0.4 is 15.8 Å². The predicted octanol–water partition coefficient (Wildman–Crippen LogP) is 3.21. The molecule has 2 aromatic rings. The van der Waals surface area contributed by atoms with Crippen molar-refractivity contribution in [3.8, 4) is 5.75 Å². The molecular formula is C15H15F2N3O. The Morgan fingerprint density at radius 3 is 2.62 bits per heavy atom. The lowest BCUT2D eigenvalue weighted by Gasteiger charge is -2.07. The molecular weight excluding hydrogens is 276 g/mol. The summed E-state index contributed by atoms with van der Waals surface area (Å²) < 4.78 is 28.6. The van der Waals surface area contributed by atoms with Crippen LogP contribution >= 0.6 is 0 Å². The number of hydrogen-bond acceptors (Lipinski definition) is 2. The maximum absolute atomic E-state index is 12.1. The molecule has 0 spiro atoms. The van der Waals surface area contributed by atoms with Crippen molar-refractivity contribution >= 4 is 11.6 Å². The first-order valence-corrected chi connectivity index (χ1v) is 6.29. The molecule has 110 valence electrons. The minimum Gasteiger partial charge on any atom is -0.435 e. The van der Waals surface area contributed by atoms with Crippen molar-refractivity contribution < 1.29 is 13.5 Å². The average molecular weight is 291 g/mol. The molecule has 0 radical (unpaired) electrons. The molecule has 3 N–H and O–H groups in total. The molecule has 2 rings (SSSR count). The molecule has 4 nitrogen and oxygen atoms in total. The fraction of sp³-hybridized carbons (Fsp3) is 0.133. The van der Waals surface area contributed by atoms with Crippen LogP contribution in [0.4, 0.5) is 14.5 Å². The molecule has 0 saturated heterocycles. The van der Waals surface area contributed by atoms with Gasteiger partial charge in [-0.2, -0.15) is 8.78 Å². The van der Waals surface area contributed by atoms with Crippen LogP contribution in [0.5, 0.6) is 5.75 Å². The first kappa shape index (κ1) is 14.8. The van der Waals surface area contributed by atoms with Gasteiger partial charge >= 0.3 is 6.61 Å². The standard InChI is InChI=1S/C15H15F2N3O/c16-14(17)21-13-8-4-5-11(9-13)10-19-15(18)20-12-6-2-1-3-7-12/h1-9,14H,10H2,(H3,18,19,20). The molecule has 0 unspecified atom stereocenters. The molecule has 0 aliphatic rings. The van der Waals surface area contributed by atoms with Crippen molar-refractivity contribution in [3.63, 3.8) is 0 Å². The van der Waals surface area contributed by atoms with Crippen LogP contribution in [0.3, 0.4) is 0 Å². The van der Waals surface area contributed by atoms with Crippen molar-refractivity contribution in [1.29, 1.82) is 0 Å². The maximum atomic E-state index is 12.1. The quantitative estimate of drug-likeness (QED) is 0.657. The highest BCUT2D eigenvalue weighted by Gasteiger charge is 2.04. The van der Waals surface area contributed by atoms with E-state index in [1.807, 2.05) is 30.3 Å². The normalized spacial score (nSPS) is 11.5. The fourth-order valence-electron chi connectivity index (χ4n) is 1.71. The Bertz CT molecular complexity index is 603. The number of nitrogens with one attached hydrogen (secondary N) is 1. The summed E-state index contributed by atoms with van der Waals surface area (Å²) in [6.45, 7) is -2.57. The molecule has 0 heterocycles. The minimum atomic E-state index is -2.84. The Morgan fingerprint density at radius 2 is 1.90 bits per heavy atom. The van der Waals surface area contributed by atoms with Crippen LogP contribution in [0.15, 0.2) is 59.6 Å². The highest BCUT2D eigenvalue weighted by atomic mass is 19.3. The van der Waals surface area contributed by atoms with Gasteiger partial charge in [0.1, 0.15) is 5.75 Å². The molecule has 0 fully saturated rings. The van der Waals surface area contributed by atoms with Gasteiger partial charge in [0.2, 0.25) is 0 Å². The summed E-state index contributed by atoms with van der Waals surface area (Å²) in [6, 6.07) is 15.7. The van der Waals surface area contributed by atoms with E-state index in [0.29, 0.717) is 0 Å². The molecule has 0 aliphatic heterocycles. The van der Waals surface area contributed by atoms with Crippen molar-refractivity contribution in [3.05, 3.63) is 60.2 Å². The highest BCUT2D eigenvalue weighted by Crippen LogP contribution is 2.16. The van der Waals surface area contributed by atoms with Crippen molar-refractivity contribution in [2.24, 2.45) is 10.7 Å². The Morgan fingerprint density at radius 1 is 1.14 bits per heavy atom. The predicted molar refractivity (Wildman–Crippen MR) is 78.5 cm³/mol. The van der Waals surface area contributed by atoms with Crippen molar-refractivity contribution in [2.75, 3.05) is 5.32 Å². The van der Waals surface area contributed by atoms with E-state index < -0.39 is 6.61 Å². The summed E-state index contributed by atoms with van der Waals surface area (Å²) in [4.78, 5) is 4.15. The zero-order valence-electron chi connectivity index (χ0n) is 11.2. The second-order valence-corrected chi connectivity index (χ2v) is 4.22. The monoisotopic (exact) mass is 291 g/mol. The second kappa shape index (κ2) is 7.23. The van der Waals surface area contributed by atoms with Crippen LogP contribution in [0.2, 0.25) is 0 Å². The van der Waals surface area contributed by atoms with Gasteiger partial charge in [0.15, 0.2) is 5.96 Å². The van der Waals surface area contributed by atoms with E-state index in [0.717, 1.165) is 11.3 Å². The molecule has 6 heteroatoms. The van der Waals surface area contributed by atoms with Crippen LogP contribution in [-0.4, -0.2) is 12.6 Å². The summed E-state index contributed by atoms with van der Waals surface area (Å²) in [7, 11) is 0. The number of rotatable bonds is 5. The molecule has 2 aromatic carbocycles. The van der Waals surface area contributed by atoms with E-state index in [-0.39, 0.29) is 18.3 Å². The summed E-state index contributed by atoms with van der Waals surface area (Å²) >= 11 is 0. The van der Waals surface area contributed by atoms with Crippen LogP contribution in [0.1, 0.15) is 5.56 Å². The first-order chi connectivity index (χ1) is 10.1. The molecule has 0 amide bonds. The topological polar surface area (TPSA) is 59.6 Å². The Kier molecular flexibility index (Phi) is 5.09. The SMILES string of the molecule is NC(=NCc1cccc(OC(F)F)c1)Nc1ccccc1. The van der Waals surface area contributed by atoms with E-state index in [2.05, 4.69) is 15.0 Å². The highest BCUT2D eigenvalue weighted by molar-refractivity contribution is 5.92. The van der Waals surface area contributed by atoms with Gasteiger partial charge in [-0.3, -0.25) is 0 Å². The van der Waals surface area contributed by atoms with E-state index in [9.17, 15) is 8.78 Å². The number of hydrogen-bond donors (Lipinski definition) is 2. The van der Waals surface area contributed by atoms with Gasteiger partial charge in [0, 0.05) is 5.69 Å². The van der Waals surface area contributed by atoms with Crippen LogP contribution in [0, 0.1) is 0 Å². The zero-order valence-corrected chi connectivity index (χ0v) is 11.2. The third kappa shape index (κ3) is 5.10. The van der Waals surface area contributed by atoms with Gasteiger partial charge < -0.3 is 15.8 Å². The summed E-state index contributed by atoms with van der Waals surface area (Å²) in [5.41, 5.74) is 7.32. The number of ether oxygens (including phenoxy) is 1. The lowest BCUT2D eigenvalue weighted by atomic mass is 10.2. The van der Waals surface area contributed by atoms with Crippen LogP contribution in [-0.2, 0) is 6.54 Å². The lowest BCUT2D eigenvalue weighted by Crippen LogP contribution is -2.22. The maximum Gasteiger partial charge on any atom is 0.387 e.